The normalized spacial score (nSPS) is 22.4. The van der Waals surface area contributed by atoms with Crippen molar-refractivity contribution in [3.05, 3.63) is 18.0 Å². The Kier molecular flexibility index (Phi) is 3.80. The van der Waals surface area contributed by atoms with E-state index < -0.39 is 33.7 Å². The second-order valence-electron chi connectivity index (χ2n) is 4.83. The second-order valence-corrected chi connectivity index (χ2v) is 7.06. The first-order valence-corrected chi connectivity index (χ1v) is 7.83. The summed E-state index contributed by atoms with van der Waals surface area (Å²) in [5.41, 5.74) is 0.342. The van der Waals surface area contributed by atoms with Gasteiger partial charge in [0, 0.05) is 18.8 Å². The third-order valence-corrected chi connectivity index (χ3v) is 4.96. The molecule has 0 aliphatic carbocycles. The molecule has 0 radical (unpaired) electrons. The number of rotatable bonds is 4. The third kappa shape index (κ3) is 3.16. The molecule has 2 heterocycles. The van der Waals surface area contributed by atoms with Crippen molar-refractivity contribution in [2.75, 3.05) is 11.5 Å². The van der Waals surface area contributed by atoms with E-state index in [1.807, 2.05) is 0 Å². The van der Waals surface area contributed by atoms with Gasteiger partial charge in [-0.05, 0) is 6.42 Å². The van der Waals surface area contributed by atoms with Crippen LogP contribution in [-0.2, 0) is 26.5 Å². The number of nitrogens with zero attached hydrogens (tertiary/aromatic N) is 2. The summed E-state index contributed by atoms with van der Waals surface area (Å²) in [6.07, 6.45) is 3.07. The van der Waals surface area contributed by atoms with Gasteiger partial charge in [-0.15, -0.1) is 0 Å². The van der Waals surface area contributed by atoms with E-state index in [0.29, 0.717) is 5.56 Å². The average molecular weight is 301 g/mol. The Morgan fingerprint density at radius 2 is 2.25 bits per heavy atom. The summed E-state index contributed by atoms with van der Waals surface area (Å²) in [6, 6.07) is -1.22. The molecule has 1 saturated heterocycles. The zero-order chi connectivity index (χ0) is 14.9. The zero-order valence-corrected chi connectivity index (χ0v) is 11.6. The van der Waals surface area contributed by atoms with Crippen molar-refractivity contribution < 1.29 is 23.1 Å². The van der Waals surface area contributed by atoms with Crippen molar-refractivity contribution in [1.82, 2.24) is 15.1 Å². The lowest BCUT2D eigenvalue weighted by atomic mass is 10.1. The van der Waals surface area contributed by atoms with Gasteiger partial charge in [0.1, 0.15) is 0 Å². The Labute approximate surface area is 115 Å². The molecule has 20 heavy (non-hydrogen) atoms. The van der Waals surface area contributed by atoms with E-state index in [1.54, 1.807) is 7.05 Å². The van der Waals surface area contributed by atoms with Gasteiger partial charge in [0.15, 0.2) is 15.9 Å². The first-order chi connectivity index (χ1) is 9.28. The standard InChI is InChI=1S/C11H15N3O5S/c1-14-5-8(4-12-14)9(11(16)17)13-10(15)7-2-3-20(18,19)6-7/h4-5,7,9H,2-3,6H2,1H3,(H,13,15)(H,16,17). The summed E-state index contributed by atoms with van der Waals surface area (Å²) in [5, 5.41) is 15.4. The van der Waals surface area contributed by atoms with Crippen LogP contribution in [0, 0.1) is 5.92 Å². The lowest BCUT2D eigenvalue weighted by molar-refractivity contribution is -0.142. The van der Waals surface area contributed by atoms with Gasteiger partial charge >= 0.3 is 5.97 Å². The Balaban J connectivity index is 2.09. The van der Waals surface area contributed by atoms with Crippen LogP contribution in [0.1, 0.15) is 18.0 Å². The van der Waals surface area contributed by atoms with Crippen molar-refractivity contribution in [1.29, 1.82) is 0 Å². The Morgan fingerprint density at radius 1 is 1.55 bits per heavy atom. The molecule has 2 atom stereocenters. The molecular formula is C11H15N3O5S. The van der Waals surface area contributed by atoms with Gasteiger partial charge in [0.05, 0.1) is 23.6 Å². The van der Waals surface area contributed by atoms with E-state index in [9.17, 15) is 18.0 Å². The number of nitrogens with one attached hydrogen (secondary N) is 1. The SMILES string of the molecule is Cn1cc(C(NC(=O)C2CCS(=O)(=O)C2)C(=O)O)cn1. The van der Waals surface area contributed by atoms with Crippen LogP contribution in [0.15, 0.2) is 12.4 Å². The fraction of sp³-hybridized carbons (Fsp3) is 0.545. The van der Waals surface area contributed by atoms with Crippen LogP contribution in [0.4, 0.5) is 0 Å². The molecule has 2 unspecified atom stereocenters. The third-order valence-electron chi connectivity index (χ3n) is 3.19. The molecule has 0 spiro atoms. The molecular weight excluding hydrogens is 286 g/mol. The van der Waals surface area contributed by atoms with Crippen LogP contribution < -0.4 is 5.32 Å². The second kappa shape index (κ2) is 5.23. The number of aryl methyl sites for hydroxylation is 1. The minimum absolute atomic E-state index is 0.0320. The summed E-state index contributed by atoms with van der Waals surface area (Å²) in [6.45, 7) is 0. The van der Waals surface area contributed by atoms with Crippen molar-refractivity contribution in [2.45, 2.75) is 12.5 Å². The lowest BCUT2D eigenvalue weighted by Gasteiger charge is -2.15. The maximum atomic E-state index is 12.0. The van der Waals surface area contributed by atoms with Crippen molar-refractivity contribution >= 4 is 21.7 Å². The minimum atomic E-state index is -3.18. The van der Waals surface area contributed by atoms with Crippen LogP contribution >= 0.6 is 0 Å². The lowest BCUT2D eigenvalue weighted by Crippen LogP contribution is -2.38. The van der Waals surface area contributed by atoms with Crippen LogP contribution in [-0.4, -0.2) is 46.7 Å². The van der Waals surface area contributed by atoms with Gasteiger partial charge in [0.2, 0.25) is 5.91 Å². The quantitative estimate of drug-likeness (QED) is 0.743. The smallest absolute Gasteiger partial charge is 0.331 e. The highest BCUT2D eigenvalue weighted by Gasteiger charge is 2.35. The fourth-order valence-electron chi connectivity index (χ4n) is 2.14. The molecule has 1 fully saturated rings. The number of hydrogen-bond acceptors (Lipinski definition) is 5. The molecule has 2 N–H and O–H groups in total. The van der Waals surface area contributed by atoms with Gasteiger partial charge < -0.3 is 10.4 Å². The number of aromatic nitrogens is 2. The van der Waals surface area contributed by atoms with Gasteiger partial charge in [0.25, 0.3) is 0 Å². The molecule has 0 aromatic carbocycles. The summed E-state index contributed by atoms with van der Waals surface area (Å²) >= 11 is 0. The van der Waals surface area contributed by atoms with Crippen LogP contribution in [0.25, 0.3) is 0 Å². The fourth-order valence-corrected chi connectivity index (χ4v) is 3.88. The number of carbonyl (C=O) groups excluding carboxylic acids is 1. The summed E-state index contributed by atoms with van der Waals surface area (Å²) < 4.78 is 24.1. The number of carboxylic acid groups (broad SMARTS) is 1. The number of carbonyl (C=O) groups is 2. The van der Waals surface area contributed by atoms with Crippen LogP contribution in [0.2, 0.25) is 0 Å². The van der Waals surface area contributed by atoms with Crippen molar-refractivity contribution in [3.8, 4) is 0 Å². The van der Waals surface area contributed by atoms with E-state index in [4.69, 9.17) is 5.11 Å². The molecule has 1 aromatic rings. The Bertz CT molecular complexity index is 636. The largest absolute Gasteiger partial charge is 0.479 e. The Hall–Kier alpha value is -1.90. The molecule has 8 nitrogen and oxygen atoms in total. The van der Waals surface area contributed by atoms with E-state index in [-0.39, 0.29) is 17.9 Å². The van der Waals surface area contributed by atoms with Gasteiger partial charge in [-0.3, -0.25) is 9.48 Å². The van der Waals surface area contributed by atoms with Crippen LogP contribution in [0.5, 0.6) is 0 Å². The van der Waals surface area contributed by atoms with Crippen molar-refractivity contribution in [3.63, 3.8) is 0 Å². The van der Waals surface area contributed by atoms with Crippen LogP contribution in [0.3, 0.4) is 0 Å². The molecule has 9 heteroatoms. The molecule has 1 aliphatic rings. The maximum absolute atomic E-state index is 12.0. The van der Waals surface area contributed by atoms with E-state index in [2.05, 4.69) is 10.4 Å². The Morgan fingerprint density at radius 3 is 2.70 bits per heavy atom. The first-order valence-electron chi connectivity index (χ1n) is 6.00. The number of amides is 1. The predicted octanol–water partition coefficient (Wildman–Crippen LogP) is -0.903. The number of hydrogen-bond donors (Lipinski definition) is 2. The van der Waals surface area contributed by atoms with E-state index >= 15 is 0 Å². The maximum Gasteiger partial charge on any atom is 0.331 e. The number of aliphatic carboxylic acids is 1. The van der Waals surface area contributed by atoms with Crippen molar-refractivity contribution in [2.24, 2.45) is 13.0 Å². The van der Waals surface area contributed by atoms with Gasteiger partial charge in [-0.25, -0.2) is 13.2 Å². The highest BCUT2D eigenvalue weighted by atomic mass is 32.2. The summed E-state index contributed by atoms with van der Waals surface area (Å²) in [4.78, 5) is 23.2. The molecule has 2 rings (SSSR count). The minimum Gasteiger partial charge on any atom is -0.479 e. The molecule has 0 bridgehead atoms. The number of carboxylic acids is 1. The zero-order valence-electron chi connectivity index (χ0n) is 10.8. The molecule has 1 aliphatic heterocycles. The molecule has 1 amide bonds. The predicted molar refractivity (Wildman–Crippen MR) is 68.5 cm³/mol. The summed E-state index contributed by atoms with van der Waals surface area (Å²) in [7, 11) is -1.55. The van der Waals surface area contributed by atoms with Gasteiger partial charge in [-0.2, -0.15) is 5.10 Å². The van der Waals surface area contributed by atoms with E-state index in [0.717, 1.165) is 0 Å². The van der Waals surface area contributed by atoms with Gasteiger partial charge in [-0.1, -0.05) is 0 Å². The average Bonchev–Trinajstić information content (AvgIpc) is 2.91. The molecule has 1 aromatic heterocycles. The number of sulfone groups is 1. The monoisotopic (exact) mass is 301 g/mol. The molecule has 110 valence electrons. The highest BCUT2D eigenvalue weighted by molar-refractivity contribution is 7.91. The first kappa shape index (κ1) is 14.5. The topological polar surface area (TPSA) is 118 Å². The summed E-state index contributed by atoms with van der Waals surface area (Å²) in [5.74, 6) is -2.71. The highest BCUT2D eigenvalue weighted by Crippen LogP contribution is 2.20. The molecule has 0 saturated carbocycles. The van der Waals surface area contributed by atoms with E-state index in [1.165, 1.54) is 17.1 Å².